The van der Waals surface area contributed by atoms with E-state index in [1.54, 1.807) is 13.2 Å². The van der Waals surface area contributed by atoms with Gasteiger partial charge in [-0.05, 0) is 0 Å². The number of morpholine rings is 1. The van der Waals surface area contributed by atoms with Crippen LogP contribution in [0.5, 0.6) is 0 Å². The van der Waals surface area contributed by atoms with E-state index in [9.17, 15) is 4.79 Å². The predicted molar refractivity (Wildman–Crippen MR) is 79.6 cm³/mol. The second kappa shape index (κ2) is 6.64. The molecule has 3 heterocycles. The van der Waals surface area contributed by atoms with Crippen molar-refractivity contribution >= 4 is 29.5 Å². The normalized spacial score (nSPS) is 22.1. The standard InChI is InChI=1S/C13H17ClN4O4/c1-20-7-9-8-22-13(19)18(9)11-6-10(14)15-12(16-11)17-2-4-21-5-3-17/h6,9H,2-5,7-8H2,1H3. The number of nitrogens with zero attached hydrogens (tertiary/aromatic N) is 4. The highest BCUT2D eigenvalue weighted by Crippen LogP contribution is 2.26. The third-order valence-electron chi connectivity index (χ3n) is 3.53. The number of halogens is 1. The highest BCUT2D eigenvalue weighted by Gasteiger charge is 2.36. The molecule has 1 aromatic heterocycles. The second-order valence-corrected chi connectivity index (χ2v) is 5.39. The summed E-state index contributed by atoms with van der Waals surface area (Å²) in [5.41, 5.74) is 0. The molecule has 1 amide bonds. The molecule has 2 aliphatic heterocycles. The lowest BCUT2D eigenvalue weighted by atomic mass is 10.3. The molecule has 8 nitrogen and oxygen atoms in total. The second-order valence-electron chi connectivity index (χ2n) is 5.00. The summed E-state index contributed by atoms with van der Waals surface area (Å²) >= 11 is 6.10. The number of methoxy groups -OCH3 is 1. The fraction of sp³-hybridized carbons (Fsp3) is 0.615. The fourth-order valence-electron chi connectivity index (χ4n) is 2.48. The molecule has 2 aliphatic rings. The summed E-state index contributed by atoms with van der Waals surface area (Å²) in [5.74, 6) is 0.910. The third kappa shape index (κ3) is 3.08. The summed E-state index contributed by atoms with van der Waals surface area (Å²) in [5, 5.41) is 0.280. The van der Waals surface area contributed by atoms with E-state index in [1.165, 1.54) is 4.90 Å². The molecule has 0 radical (unpaired) electrons. The van der Waals surface area contributed by atoms with Crippen LogP contribution in [0.2, 0.25) is 5.15 Å². The summed E-state index contributed by atoms with van der Waals surface area (Å²) in [6.07, 6.45) is -0.454. The van der Waals surface area contributed by atoms with Crippen LogP contribution in [0.25, 0.3) is 0 Å². The van der Waals surface area contributed by atoms with Gasteiger partial charge in [-0.15, -0.1) is 0 Å². The summed E-state index contributed by atoms with van der Waals surface area (Å²) in [4.78, 5) is 24.1. The van der Waals surface area contributed by atoms with Gasteiger partial charge in [0.1, 0.15) is 17.6 Å². The lowest BCUT2D eigenvalue weighted by molar-refractivity contribution is 0.122. The number of aromatic nitrogens is 2. The van der Waals surface area contributed by atoms with Gasteiger partial charge in [0.25, 0.3) is 0 Å². The van der Waals surface area contributed by atoms with Crippen molar-refractivity contribution in [1.29, 1.82) is 0 Å². The predicted octanol–water partition coefficient (Wildman–Crippen LogP) is 0.938. The first-order valence-corrected chi connectivity index (χ1v) is 7.39. The number of ether oxygens (including phenoxy) is 3. The van der Waals surface area contributed by atoms with Crippen molar-refractivity contribution in [3.8, 4) is 0 Å². The van der Waals surface area contributed by atoms with Crippen molar-refractivity contribution in [3.05, 3.63) is 11.2 Å². The zero-order valence-corrected chi connectivity index (χ0v) is 13.0. The molecule has 1 atom stereocenters. The van der Waals surface area contributed by atoms with Crippen LogP contribution in [0, 0.1) is 0 Å². The molecule has 120 valence electrons. The Morgan fingerprint density at radius 2 is 2.18 bits per heavy atom. The molecule has 1 aromatic rings. The van der Waals surface area contributed by atoms with Gasteiger partial charge in [0.15, 0.2) is 0 Å². The molecule has 2 fully saturated rings. The van der Waals surface area contributed by atoms with Gasteiger partial charge in [-0.25, -0.2) is 9.78 Å². The van der Waals surface area contributed by atoms with Crippen molar-refractivity contribution in [2.24, 2.45) is 0 Å². The van der Waals surface area contributed by atoms with Crippen molar-refractivity contribution in [2.45, 2.75) is 6.04 Å². The van der Waals surface area contributed by atoms with Crippen LogP contribution in [-0.4, -0.2) is 68.7 Å². The van der Waals surface area contributed by atoms with Gasteiger partial charge in [-0.1, -0.05) is 11.6 Å². The Bertz CT molecular complexity index is 553. The summed E-state index contributed by atoms with van der Waals surface area (Å²) in [6.45, 7) is 3.23. The maximum atomic E-state index is 12.0. The SMILES string of the molecule is COCC1COC(=O)N1c1cc(Cl)nc(N2CCOCC2)n1. The molecular weight excluding hydrogens is 312 g/mol. The number of cyclic esters (lactones) is 1. The molecule has 0 N–H and O–H groups in total. The topological polar surface area (TPSA) is 77.0 Å². The fourth-order valence-corrected chi connectivity index (χ4v) is 2.65. The number of hydrogen-bond acceptors (Lipinski definition) is 7. The lowest BCUT2D eigenvalue weighted by Gasteiger charge is -2.28. The van der Waals surface area contributed by atoms with Crippen LogP contribution in [0.15, 0.2) is 6.07 Å². The average Bonchev–Trinajstić information content (AvgIpc) is 2.89. The maximum absolute atomic E-state index is 12.0. The van der Waals surface area contributed by atoms with Gasteiger partial charge in [0.05, 0.1) is 25.9 Å². The Morgan fingerprint density at radius 1 is 1.41 bits per heavy atom. The van der Waals surface area contributed by atoms with Crippen LogP contribution in [0.3, 0.4) is 0 Å². The number of rotatable bonds is 4. The van der Waals surface area contributed by atoms with E-state index < -0.39 is 6.09 Å². The first kappa shape index (κ1) is 15.3. The van der Waals surface area contributed by atoms with Gasteiger partial charge in [-0.3, -0.25) is 4.90 Å². The van der Waals surface area contributed by atoms with Crippen molar-refractivity contribution < 1.29 is 19.0 Å². The van der Waals surface area contributed by atoms with E-state index in [-0.39, 0.29) is 17.8 Å². The first-order chi connectivity index (χ1) is 10.7. The van der Waals surface area contributed by atoms with Crippen LogP contribution in [0.1, 0.15) is 0 Å². The van der Waals surface area contributed by atoms with Gasteiger partial charge in [0.2, 0.25) is 5.95 Å². The number of hydrogen-bond donors (Lipinski definition) is 0. The van der Waals surface area contributed by atoms with Gasteiger partial charge in [-0.2, -0.15) is 4.98 Å². The molecule has 0 saturated carbocycles. The Hall–Kier alpha value is -1.64. The zero-order chi connectivity index (χ0) is 15.5. The molecule has 1 unspecified atom stereocenters. The Balaban J connectivity index is 1.89. The van der Waals surface area contributed by atoms with Gasteiger partial charge in [0, 0.05) is 26.3 Å². The van der Waals surface area contributed by atoms with E-state index >= 15 is 0 Å². The molecule has 0 spiro atoms. The minimum absolute atomic E-state index is 0.221. The van der Waals surface area contributed by atoms with E-state index in [0.717, 1.165) is 0 Å². The maximum Gasteiger partial charge on any atom is 0.416 e. The largest absolute Gasteiger partial charge is 0.447 e. The summed E-state index contributed by atoms with van der Waals surface area (Å²) in [7, 11) is 1.58. The highest BCUT2D eigenvalue weighted by atomic mass is 35.5. The number of carbonyl (C=O) groups excluding carboxylic acids is 1. The average molecular weight is 329 g/mol. The van der Waals surface area contributed by atoms with Crippen molar-refractivity contribution in [1.82, 2.24) is 9.97 Å². The highest BCUT2D eigenvalue weighted by molar-refractivity contribution is 6.29. The molecule has 0 bridgehead atoms. The number of carbonyl (C=O) groups is 1. The molecule has 2 saturated heterocycles. The number of amides is 1. The van der Waals surface area contributed by atoms with E-state index in [2.05, 4.69) is 9.97 Å². The minimum Gasteiger partial charge on any atom is -0.447 e. The van der Waals surface area contributed by atoms with E-state index in [1.807, 2.05) is 4.90 Å². The minimum atomic E-state index is -0.454. The zero-order valence-electron chi connectivity index (χ0n) is 12.2. The quantitative estimate of drug-likeness (QED) is 0.761. The molecule has 9 heteroatoms. The van der Waals surface area contributed by atoms with Crippen LogP contribution < -0.4 is 9.80 Å². The van der Waals surface area contributed by atoms with Crippen LogP contribution in [-0.2, 0) is 14.2 Å². The Labute approximate surface area is 132 Å². The molecule has 0 aromatic carbocycles. The van der Waals surface area contributed by atoms with E-state index in [4.69, 9.17) is 25.8 Å². The Kier molecular flexibility index (Phi) is 4.60. The molecular formula is C13H17ClN4O4. The molecule has 3 rings (SSSR count). The molecule has 0 aliphatic carbocycles. The third-order valence-corrected chi connectivity index (χ3v) is 3.72. The summed E-state index contributed by atoms with van der Waals surface area (Å²) in [6, 6.07) is 1.34. The summed E-state index contributed by atoms with van der Waals surface area (Å²) < 4.78 is 15.5. The number of anilines is 2. The lowest BCUT2D eigenvalue weighted by Crippen LogP contribution is -2.39. The first-order valence-electron chi connectivity index (χ1n) is 7.01. The van der Waals surface area contributed by atoms with Crippen molar-refractivity contribution in [2.75, 3.05) is 56.4 Å². The van der Waals surface area contributed by atoms with E-state index in [0.29, 0.717) is 44.7 Å². The van der Waals surface area contributed by atoms with Crippen LogP contribution in [0.4, 0.5) is 16.6 Å². The van der Waals surface area contributed by atoms with Gasteiger partial charge < -0.3 is 19.1 Å². The Morgan fingerprint density at radius 3 is 2.91 bits per heavy atom. The van der Waals surface area contributed by atoms with Crippen molar-refractivity contribution in [3.63, 3.8) is 0 Å². The monoisotopic (exact) mass is 328 g/mol. The van der Waals surface area contributed by atoms with Crippen LogP contribution >= 0.6 is 11.6 Å². The smallest absolute Gasteiger partial charge is 0.416 e. The molecule has 22 heavy (non-hydrogen) atoms. The van der Waals surface area contributed by atoms with Gasteiger partial charge >= 0.3 is 6.09 Å².